The van der Waals surface area contributed by atoms with Gasteiger partial charge in [-0.1, -0.05) is 32.9 Å². The van der Waals surface area contributed by atoms with Gasteiger partial charge < -0.3 is 14.5 Å². The lowest BCUT2D eigenvalue weighted by atomic mass is 9.93. The molecule has 0 radical (unpaired) electrons. The van der Waals surface area contributed by atoms with Gasteiger partial charge in [-0.05, 0) is 54.5 Å². The minimum atomic E-state index is -0.133. The lowest BCUT2D eigenvalue weighted by molar-refractivity contribution is -0.145. The minimum absolute atomic E-state index is 0.00182. The SMILES string of the molecule is CC[C@H](C)N(CC(=O)N1CCc2sccc2[C@H]1c1ccc(OC)cc1)C(=O)C(C)C. The molecule has 0 spiro atoms. The van der Waals surface area contributed by atoms with Gasteiger partial charge >= 0.3 is 0 Å². The third-order valence-corrected chi connectivity index (χ3v) is 6.92. The van der Waals surface area contributed by atoms with Gasteiger partial charge in [0.25, 0.3) is 0 Å². The van der Waals surface area contributed by atoms with Gasteiger partial charge in [0.2, 0.25) is 11.8 Å². The van der Waals surface area contributed by atoms with Crippen LogP contribution in [0.25, 0.3) is 0 Å². The second kappa shape index (κ2) is 9.65. The number of nitrogens with zero attached hydrogens (tertiary/aromatic N) is 2. The molecule has 2 atom stereocenters. The van der Waals surface area contributed by atoms with E-state index in [1.807, 2.05) is 49.9 Å². The van der Waals surface area contributed by atoms with Crippen LogP contribution < -0.4 is 4.74 Å². The van der Waals surface area contributed by atoms with E-state index in [1.54, 1.807) is 23.3 Å². The molecule has 162 valence electrons. The predicted molar refractivity (Wildman–Crippen MR) is 121 cm³/mol. The Bertz CT molecular complexity index is 875. The first-order chi connectivity index (χ1) is 14.4. The van der Waals surface area contributed by atoms with E-state index in [4.69, 9.17) is 4.74 Å². The maximum absolute atomic E-state index is 13.5. The second-order valence-corrected chi connectivity index (χ2v) is 9.19. The Balaban J connectivity index is 1.91. The zero-order chi connectivity index (χ0) is 21.8. The van der Waals surface area contributed by atoms with Crippen molar-refractivity contribution in [3.8, 4) is 5.75 Å². The first-order valence-corrected chi connectivity index (χ1v) is 11.6. The van der Waals surface area contributed by atoms with Crippen molar-refractivity contribution < 1.29 is 14.3 Å². The van der Waals surface area contributed by atoms with Crippen LogP contribution in [-0.2, 0) is 16.0 Å². The summed E-state index contributed by atoms with van der Waals surface area (Å²) in [6.07, 6.45) is 1.68. The number of carbonyl (C=O) groups is 2. The van der Waals surface area contributed by atoms with E-state index in [0.29, 0.717) is 6.54 Å². The topological polar surface area (TPSA) is 49.9 Å². The molecule has 30 heavy (non-hydrogen) atoms. The normalized spacial score (nSPS) is 16.9. The summed E-state index contributed by atoms with van der Waals surface area (Å²) in [4.78, 5) is 31.3. The van der Waals surface area contributed by atoms with Crippen LogP contribution in [0.1, 0.15) is 56.2 Å². The highest BCUT2D eigenvalue weighted by Gasteiger charge is 2.35. The van der Waals surface area contributed by atoms with Gasteiger partial charge in [-0.25, -0.2) is 0 Å². The highest BCUT2D eigenvalue weighted by atomic mass is 32.1. The maximum atomic E-state index is 13.5. The zero-order valence-corrected chi connectivity index (χ0v) is 19.4. The molecule has 0 N–H and O–H groups in total. The number of benzene rings is 1. The summed E-state index contributed by atoms with van der Waals surface area (Å²) in [5, 5.41) is 2.10. The fourth-order valence-electron chi connectivity index (χ4n) is 3.97. The highest BCUT2D eigenvalue weighted by molar-refractivity contribution is 7.10. The standard InChI is InChI=1S/C24H32N2O3S/c1-6-17(4)26(24(28)16(2)3)15-22(27)25-13-11-21-20(12-14-30-21)23(25)18-7-9-19(29-5)10-8-18/h7-10,12,14,16-17,23H,6,11,13,15H2,1-5H3/t17-,23+/m0/s1. The predicted octanol–water partition coefficient (Wildman–Crippen LogP) is 4.51. The highest BCUT2D eigenvalue weighted by Crippen LogP contribution is 2.38. The van der Waals surface area contributed by atoms with Crippen molar-refractivity contribution in [1.82, 2.24) is 9.80 Å². The van der Waals surface area contributed by atoms with Gasteiger partial charge in [0, 0.05) is 23.4 Å². The number of hydrogen-bond acceptors (Lipinski definition) is 4. The summed E-state index contributed by atoms with van der Waals surface area (Å²) < 4.78 is 5.30. The first kappa shape index (κ1) is 22.3. The lowest BCUT2D eigenvalue weighted by Gasteiger charge is -2.39. The number of ether oxygens (including phenoxy) is 1. The van der Waals surface area contributed by atoms with E-state index in [-0.39, 0.29) is 36.4 Å². The third-order valence-electron chi connectivity index (χ3n) is 5.92. The van der Waals surface area contributed by atoms with E-state index < -0.39 is 0 Å². The number of fused-ring (bicyclic) bond motifs is 1. The molecule has 6 heteroatoms. The van der Waals surface area contributed by atoms with Crippen molar-refractivity contribution in [1.29, 1.82) is 0 Å². The number of carbonyl (C=O) groups excluding carboxylic acids is 2. The van der Waals surface area contributed by atoms with E-state index in [2.05, 4.69) is 18.4 Å². The molecule has 1 aliphatic heterocycles. The summed E-state index contributed by atoms with van der Waals surface area (Å²) >= 11 is 1.75. The van der Waals surface area contributed by atoms with Gasteiger partial charge in [0.1, 0.15) is 12.3 Å². The van der Waals surface area contributed by atoms with Crippen molar-refractivity contribution in [2.45, 2.75) is 52.6 Å². The number of methoxy groups -OCH3 is 1. The fourth-order valence-corrected chi connectivity index (χ4v) is 4.87. The molecule has 0 fully saturated rings. The van der Waals surface area contributed by atoms with Crippen molar-refractivity contribution in [2.75, 3.05) is 20.2 Å². The Morgan fingerprint density at radius 1 is 1.20 bits per heavy atom. The second-order valence-electron chi connectivity index (χ2n) is 8.19. The van der Waals surface area contributed by atoms with E-state index >= 15 is 0 Å². The summed E-state index contributed by atoms with van der Waals surface area (Å²) in [5.41, 5.74) is 2.25. The summed E-state index contributed by atoms with van der Waals surface area (Å²) in [5.74, 6) is 0.700. The summed E-state index contributed by atoms with van der Waals surface area (Å²) in [6.45, 7) is 8.63. The molecule has 0 saturated carbocycles. The van der Waals surface area contributed by atoms with Crippen LogP contribution in [0.15, 0.2) is 35.7 Å². The number of amides is 2. The van der Waals surface area contributed by atoms with Crippen molar-refractivity contribution >= 4 is 23.2 Å². The van der Waals surface area contributed by atoms with Crippen LogP contribution in [0.5, 0.6) is 5.75 Å². The van der Waals surface area contributed by atoms with Gasteiger partial charge in [-0.3, -0.25) is 9.59 Å². The van der Waals surface area contributed by atoms with Crippen LogP contribution in [0, 0.1) is 5.92 Å². The third kappa shape index (κ3) is 4.53. The summed E-state index contributed by atoms with van der Waals surface area (Å²) in [7, 11) is 1.65. The lowest BCUT2D eigenvalue weighted by Crippen LogP contribution is -2.50. The zero-order valence-electron chi connectivity index (χ0n) is 18.6. The number of rotatable bonds is 7. The van der Waals surface area contributed by atoms with E-state index in [9.17, 15) is 9.59 Å². The molecule has 2 amide bonds. The largest absolute Gasteiger partial charge is 0.497 e. The van der Waals surface area contributed by atoms with Crippen molar-refractivity contribution in [3.05, 3.63) is 51.7 Å². The Morgan fingerprint density at radius 3 is 2.50 bits per heavy atom. The molecule has 0 bridgehead atoms. The number of thiophene rings is 1. The Morgan fingerprint density at radius 2 is 1.90 bits per heavy atom. The smallest absolute Gasteiger partial charge is 0.243 e. The van der Waals surface area contributed by atoms with E-state index in [0.717, 1.165) is 24.2 Å². The maximum Gasteiger partial charge on any atom is 0.243 e. The average Bonchev–Trinajstić information content (AvgIpc) is 3.24. The average molecular weight is 429 g/mol. The number of hydrogen-bond donors (Lipinski definition) is 0. The van der Waals surface area contributed by atoms with E-state index in [1.165, 1.54) is 10.4 Å². The Kier molecular flexibility index (Phi) is 7.19. The molecule has 1 aromatic heterocycles. The van der Waals surface area contributed by atoms with Crippen LogP contribution in [-0.4, -0.2) is 47.9 Å². The molecule has 0 aliphatic carbocycles. The Hall–Kier alpha value is -2.34. The van der Waals surface area contributed by atoms with Crippen LogP contribution >= 0.6 is 11.3 Å². The van der Waals surface area contributed by atoms with Gasteiger partial charge in [0.05, 0.1) is 13.2 Å². The molecule has 5 nitrogen and oxygen atoms in total. The molecular formula is C24H32N2O3S. The fraction of sp³-hybridized carbons (Fsp3) is 0.500. The molecule has 2 aromatic rings. The molecule has 1 aromatic carbocycles. The minimum Gasteiger partial charge on any atom is -0.497 e. The quantitative estimate of drug-likeness (QED) is 0.652. The molecule has 0 unspecified atom stereocenters. The van der Waals surface area contributed by atoms with Crippen molar-refractivity contribution in [3.63, 3.8) is 0 Å². The van der Waals surface area contributed by atoms with Gasteiger partial charge in [0.15, 0.2) is 0 Å². The summed E-state index contributed by atoms with van der Waals surface area (Å²) in [6, 6.07) is 9.96. The monoisotopic (exact) mass is 428 g/mol. The van der Waals surface area contributed by atoms with Gasteiger partial charge in [-0.2, -0.15) is 0 Å². The first-order valence-electron chi connectivity index (χ1n) is 10.7. The van der Waals surface area contributed by atoms with Crippen LogP contribution in [0.2, 0.25) is 0 Å². The molecule has 2 heterocycles. The van der Waals surface area contributed by atoms with Crippen LogP contribution in [0.4, 0.5) is 0 Å². The molecule has 0 saturated heterocycles. The van der Waals surface area contributed by atoms with Gasteiger partial charge in [-0.15, -0.1) is 11.3 Å². The van der Waals surface area contributed by atoms with Crippen molar-refractivity contribution in [2.24, 2.45) is 5.92 Å². The molecule has 1 aliphatic rings. The molecular weight excluding hydrogens is 396 g/mol. The van der Waals surface area contributed by atoms with Crippen LogP contribution in [0.3, 0.4) is 0 Å². The Labute approximate surface area is 183 Å². The molecule has 3 rings (SSSR count).